The van der Waals surface area contributed by atoms with Gasteiger partial charge in [-0.15, -0.1) is 0 Å². The Morgan fingerprint density at radius 2 is 2.44 bits per heavy atom. The van der Waals surface area contributed by atoms with Crippen molar-refractivity contribution in [1.29, 1.82) is 0 Å². The standard InChI is InChI=1S/C12H15ClN2O3/c13-10-4-3-9(12(16)17)11(15-10)14-6-8-2-1-5-18-7-8/h3-4,8H,1-2,5-7H2,(H,14,15)(H,16,17). The Bertz CT molecular complexity index is 433. The minimum atomic E-state index is -1.01. The molecule has 1 aliphatic rings. The van der Waals surface area contributed by atoms with Gasteiger partial charge in [0.1, 0.15) is 16.5 Å². The van der Waals surface area contributed by atoms with Crippen molar-refractivity contribution in [3.8, 4) is 0 Å². The number of nitrogens with zero attached hydrogens (tertiary/aromatic N) is 1. The van der Waals surface area contributed by atoms with E-state index in [1.54, 1.807) is 0 Å². The fourth-order valence-electron chi connectivity index (χ4n) is 1.95. The average Bonchev–Trinajstić information content (AvgIpc) is 2.37. The molecule has 0 aromatic carbocycles. The third-order valence-corrected chi connectivity index (χ3v) is 3.11. The molecule has 1 atom stereocenters. The maximum Gasteiger partial charge on any atom is 0.339 e. The number of nitrogens with one attached hydrogen (secondary N) is 1. The highest BCUT2D eigenvalue weighted by Crippen LogP contribution is 2.19. The van der Waals surface area contributed by atoms with Gasteiger partial charge in [-0.2, -0.15) is 0 Å². The van der Waals surface area contributed by atoms with Crippen LogP contribution < -0.4 is 5.32 Å². The second-order valence-electron chi connectivity index (χ2n) is 4.30. The normalized spacial score (nSPS) is 19.5. The Morgan fingerprint density at radius 3 is 3.11 bits per heavy atom. The van der Waals surface area contributed by atoms with Gasteiger partial charge >= 0.3 is 5.97 Å². The predicted molar refractivity (Wildman–Crippen MR) is 68.2 cm³/mol. The molecule has 1 aromatic heterocycles. The lowest BCUT2D eigenvalue weighted by molar-refractivity contribution is 0.0594. The van der Waals surface area contributed by atoms with Crippen LogP contribution in [0.1, 0.15) is 23.2 Å². The van der Waals surface area contributed by atoms with E-state index in [1.165, 1.54) is 12.1 Å². The van der Waals surface area contributed by atoms with E-state index in [2.05, 4.69) is 10.3 Å². The average molecular weight is 271 g/mol. The fraction of sp³-hybridized carbons (Fsp3) is 0.500. The van der Waals surface area contributed by atoms with E-state index in [-0.39, 0.29) is 10.7 Å². The van der Waals surface area contributed by atoms with Crippen LogP contribution in [-0.2, 0) is 4.74 Å². The number of aromatic carboxylic acids is 1. The molecule has 2 N–H and O–H groups in total. The van der Waals surface area contributed by atoms with E-state index in [1.807, 2.05) is 0 Å². The molecule has 1 fully saturated rings. The van der Waals surface area contributed by atoms with E-state index in [9.17, 15) is 4.79 Å². The zero-order valence-corrected chi connectivity index (χ0v) is 10.6. The van der Waals surface area contributed by atoms with Crippen LogP contribution in [0.15, 0.2) is 12.1 Å². The van der Waals surface area contributed by atoms with Gasteiger partial charge in [0.15, 0.2) is 0 Å². The number of aromatic nitrogens is 1. The number of halogens is 1. The topological polar surface area (TPSA) is 71.5 Å². The first-order valence-electron chi connectivity index (χ1n) is 5.88. The maximum atomic E-state index is 11.0. The third kappa shape index (κ3) is 3.34. The molecule has 0 radical (unpaired) electrons. The zero-order valence-electron chi connectivity index (χ0n) is 9.86. The van der Waals surface area contributed by atoms with Crippen LogP contribution in [0.2, 0.25) is 5.15 Å². The van der Waals surface area contributed by atoms with Gasteiger partial charge in [0.05, 0.1) is 6.61 Å². The summed E-state index contributed by atoms with van der Waals surface area (Å²) in [7, 11) is 0. The first kappa shape index (κ1) is 13.1. The SMILES string of the molecule is O=C(O)c1ccc(Cl)nc1NCC1CCCOC1. The highest BCUT2D eigenvalue weighted by atomic mass is 35.5. The minimum absolute atomic E-state index is 0.135. The summed E-state index contributed by atoms with van der Waals surface area (Å²) in [5.41, 5.74) is 0.135. The molecule has 2 rings (SSSR count). The van der Waals surface area contributed by atoms with E-state index in [0.29, 0.717) is 24.9 Å². The number of carbonyl (C=O) groups is 1. The number of rotatable bonds is 4. The number of anilines is 1. The minimum Gasteiger partial charge on any atom is -0.478 e. The van der Waals surface area contributed by atoms with Gasteiger partial charge in [0, 0.05) is 13.2 Å². The molecule has 18 heavy (non-hydrogen) atoms. The van der Waals surface area contributed by atoms with Gasteiger partial charge in [-0.25, -0.2) is 9.78 Å². The Labute approximate surface area is 110 Å². The van der Waals surface area contributed by atoms with Crippen LogP contribution in [0, 0.1) is 5.92 Å². The van der Waals surface area contributed by atoms with Crippen LogP contribution in [0.5, 0.6) is 0 Å². The van der Waals surface area contributed by atoms with E-state index >= 15 is 0 Å². The van der Waals surface area contributed by atoms with Crippen LogP contribution in [0.3, 0.4) is 0 Å². The van der Waals surface area contributed by atoms with Crippen molar-refractivity contribution in [3.63, 3.8) is 0 Å². The molecule has 0 saturated carbocycles. The molecule has 98 valence electrons. The second kappa shape index (κ2) is 6.02. The largest absolute Gasteiger partial charge is 0.478 e. The van der Waals surface area contributed by atoms with E-state index in [0.717, 1.165) is 19.4 Å². The Balaban J connectivity index is 2.03. The first-order chi connectivity index (χ1) is 8.66. The summed E-state index contributed by atoms with van der Waals surface area (Å²) < 4.78 is 5.37. The molecule has 1 aromatic rings. The van der Waals surface area contributed by atoms with Gasteiger partial charge in [-0.3, -0.25) is 0 Å². The van der Waals surface area contributed by atoms with Crippen molar-refractivity contribution in [3.05, 3.63) is 22.8 Å². The zero-order chi connectivity index (χ0) is 13.0. The van der Waals surface area contributed by atoms with Crippen molar-refractivity contribution in [2.75, 3.05) is 25.1 Å². The molecule has 1 unspecified atom stereocenters. The van der Waals surface area contributed by atoms with Crippen LogP contribution in [0.4, 0.5) is 5.82 Å². The number of carboxylic acid groups (broad SMARTS) is 1. The number of hydrogen-bond acceptors (Lipinski definition) is 4. The summed E-state index contributed by atoms with van der Waals surface area (Å²) in [6, 6.07) is 2.93. The molecular weight excluding hydrogens is 256 g/mol. The third-order valence-electron chi connectivity index (χ3n) is 2.90. The predicted octanol–water partition coefficient (Wildman–Crippen LogP) is 2.27. The summed E-state index contributed by atoms with van der Waals surface area (Å²) in [6.45, 7) is 2.16. The van der Waals surface area contributed by atoms with Crippen molar-refractivity contribution in [2.24, 2.45) is 5.92 Å². The Hall–Kier alpha value is -1.33. The summed E-state index contributed by atoms with van der Waals surface area (Å²) in [5.74, 6) is -0.302. The molecule has 0 aliphatic carbocycles. The Morgan fingerprint density at radius 1 is 1.61 bits per heavy atom. The number of hydrogen-bond donors (Lipinski definition) is 2. The van der Waals surface area contributed by atoms with Crippen LogP contribution in [-0.4, -0.2) is 35.8 Å². The molecule has 1 aliphatic heterocycles. The molecular formula is C12H15ClN2O3. The van der Waals surface area contributed by atoms with Crippen molar-refractivity contribution in [2.45, 2.75) is 12.8 Å². The molecule has 2 heterocycles. The molecule has 0 bridgehead atoms. The number of carboxylic acids is 1. The smallest absolute Gasteiger partial charge is 0.339 e. The number of ether oxygens (including phenoxy) is 1. The van der Waals surface area contributed by atoms with Gasteiger partial charge in [-0.05, 0) is 30.9 Å². The highest BCUT2D eigenvalue weighted by Gasteiger charge is 2.16. The van der Waals surface area contributed by atoms with Gasteiger partial charge < -0.3 is 15.2 Å². The van der Waals surface area contributed by atoms with E-state index < -0.39 is 5.97 Å². The summed E-state index contributed by atoms with van der Waals surface area (Å²) in [5, 5.41) is 12.4. The van der Waals surface area contributed by atoms with Crippen LogP contribution >= 0.6 is 11.6 Å². The lowest BCUT2D eigenvalue weighted by atomic mass is 10.0. The molecule has 5 nitrogen and oxygen atoms in total. The maximum absolute atomic E-state index is 11.0. The summed E-state index contributed by atoms with van der Waals surface area (Å²) in [4.78, 5) is 15.0. The lowest BCUT2D eigenvalue weighted by Gasteiger charge is -2.22. The lowest BCUT2D eigenvalue weighted by Crippen LogP contribution is -2.25. The monoisotopic (exact) mass is 270 g/mol. The van der Waals surface area contributed by atoms with Crippen LogP contribution in [0.25, 0.3) is 0 Å². The number of pyridine rings is 1. The molecule has 0 amide bonds. The fourth-order valence-corrected chi connectivity index (χ4v) is 2.10. The first-order valence-corrected chi connectivity index (χ1v) is 6.26. The molecule has 1 saturated heterocycles. The van der Waals surface area contributed by atoms with E-state index in [4.69, 9.17) is 21.4 Å². The molecule has 0 spiro atoms. The summed E-state index contributed by atoms with van der Waals surface area (Å²) in [6.07, 6.45) is 2.12. The van der Waals surface area contributed by atoms with Gasteiger partial charge in [0.2, 0.25) is 0 Å². The van der Waals surface area contributed by atoms with Crippen molar-refractivity contribution in [1.82, 2.24) is 4.98 Å². The highest BCUT2D eigenvalue weighted by molar-refractivity contribution is 6.29. The van der Waals surface area contributed by atoms with Crippen molar-refractivity contribution < 1.29 is 14.6 Å². The van der Waals surface area contributed by atoms with Gasteiger partial charge in [0.25, 0.3) is 0 Å². The van der Waals surface area contributed by atoms with Gasteiger partial charge in [-0.1, -0.05) is 11.6 Å². The Kier molecular flexibility index (Phi) is 4.38. The molecule has 6 heteroatoms. The second-order valence-corrected chi connectivity index (χ2v) is 4.69. The summed E-state index contributed by atoms with van der Waals surface area (Å²) >= 11 is 5.77. The quantitative estimate of drug-likeness (QED) is 0.821. The van der Waals surface area contributed by atoms with Crippen molar-refractivity contribution >= 4 is 23.4 Å².